The highest BCUT2D eigenvalue weighted by Crippen LogP contribution is 2.24. The molecule has 112 valence electrons. The van der Waals surface area contributed by atoms with E-state index in [1.807, 2.05) is 12.1 Å². The Morgan fingerprint density at radius 2 is 2.00 bits per heavy atom. The maximum Gasteiger partial charge on any atom is 0.180 e. The van der Waals surface area contributed by atoms with E-state index in [1.165, 1.54) is 0 Å². The summed E-state index contributed by atoms with van der Waals surface area (Å²) in [6.45, 7) is 3.86. The number of benzene rings is 1. The molecule has 1 aromatic rings. The first-order valence-electron chi connectivity index (χ1n) is 7.30. The van der Waals surface area contributed by atoms with Crippen LogP contribution in [0.5, 0.6) is 0 Å². The van der Waals surface area contributed by atoms with Crippen LogP contribution in [0.4, 0.5) is 5.69 Å². The second-order valence-corrected chi connectivity index (χ2v) is 7.72. The Morgan fingerprint density at radius 1 is 1.25 bits per heavy atom. The third-order valence-corrected chi connectivity index (χ3v) is 5.70. The lowest BCUT2D eigenvalue weighted by Gasteiger charge is -2.20. The summed E-state index contributed by atoms with van der Waals surface area (Å²) in [6, 6.07) is 7.60. The zero-order chi connectivity index (χ0) is 14.6. The van der Waals surface area contributed by atoms with E-state index in [9.17, 15) is 8.42 Å². The zero-order valence-corrected chi connectivity index (χ0v) is 13.1. The van der Waals surface area contributed by atoms with Crippen molar-refractivity contribution in [2.75, 3.05) is 31.2 Å². The minimum Gasteiger partial charge on any atom is -0.381 e. The van der Waals surface area contributed by atoms with Crippen LogP contribution in [0.15, 0.2) is 29.2 Å². The van der Waals surface area contributed by atoms with E-state index in [0.717, 1.165) is 38.0 Å². The van der Waals surface area contributed by atoms with Crippen molar-refractivity contribution in [3.63, 3.8) is 0 Å². The molecule has 1 saturated heterocycles. The molecule has 1 aromatic carbocycles. The van der Waals surface area contributed by atoms with Crippen LogP contribution in [0.25, 0.3) is 0 Å². The van der Waals surface area contributed by atoms with Gasteiger partial charge in [0.2, 0.25) is 0 Å². The van der Waals surface area contributed by atoms with Gasteiger partial charge in [-0.05, 0) is 51.5 Å². The normalized spacial score (nSPS) is 21.4. The Balaban J connectivity index is 2.17. The summed E-state index contributed by atoms with van der Waals surface area (Å²) in [7, 11) is -1.04. The molecule has 0 saturated carbocycles. The van der Waals surface area contributed by atoms with Crippen molar-refractivity contribution in [2.24, 2.45) is 0 Å². The van der Waals surface area contributed by atoms with Gasteiger partial charge in [0.05, 0.1) is 16.3 Å². The van der Waals surface area contributed by atoms with E-state index in [-0.39, 0.29) is 5.75 Å². The van der Waals surface area contributed by atoms with Crippen LogP contribution in [-0.4, -0.2) is 45.2 Å². The minimum absolute atomic E-state index is 0.138. The number of anilines is 1. The van der Waals surface area contributed by atoms with Gasteiger partial charge in [-0.3, -0.25) is 0 Å². The molecule has 1 unspecified atom stereocenters. The van der Waals surface area contributed by atoms with Crippen LogP contribution < -0.4 is 5.32 Å². The Kier molecular flexibility index (Phi) is 5.05. The average molecular weight is 296 g/mol. The molecule has 0 spiro atoms. The largest absolute Gasteiger partial charge is 0.381 e. The van der Waals surface area contributed by atoms with E-state index in [1.54, 1.807) is 19.1 Å². The van der Waals surface area contributed by atoms with Gasteiger partial charge in [0, 0.05) is 6.04 Å². The van der Waals surface area contributed by atoms with Gasteiger partial charge in [0.15, 0.2) is 9.84 Å². The Hall–Kier alpha value is -1.07. The fourth-order valence-corrected chi connectivity index (χ4v) is 3.68. The molecule has 0 bridgehead atoms. The molecule has 4 nitrogen and oxygen atoms in total. The maximum absolute atomic E-state index is 12.1. The molecule has 2 rings (SSSR count). The number of rotatable bonds is 4. The molecule has 0 aliphatic carbocycles. The monoisotopic (exact) mass is 296 g/mol. The minimum atomic E-state index is -3.17. The highest BCUT2D eigenvalue weighted by Gasteiger charge is 2.19. The van der Waals surface area contributed by atoms with Gasteiger partial charge in [0.25, 0.3) is 0 Å². The number of hydrogen-bond donors (Lipinski definition) is 1. The number of para-hydroxylation sites is 1. The van der Waals surface area contributed by atoms with Crippen molar-refractivity contribution in [1.29, 1.82) is 0 Å². The van der Waals surface area contributed by atoms with Gasteiger partial charge in [-0.25, -0.2) is 8.42 Å². The molecule has 1 aliphatic heterocycles. The van der Waals surface area contributed by atoms with E-state index in [0.29, 0.717) is 10.9 Å². The highest BCUT2D eigenvalue weighted by atomic mass is 32.2. The molecule has 5 heteroatoms. The molecule has 1 fully saturated rings. The predicted molar refractivity (Wildman–Crippen MR) is 82.9 cm³/mol. The molecule has 1 aliphatic rings. The zero-order valence-electron chi connectivity index (χ0n) is 12.3. The molecule has 1 atom stereocenters. The van der Waals surface area contributed by atoms with Gasteiger partial charge in [0.1, 0.15) is 0 Å². The number of nitrogens with zero attached hydrogens (tertiary/aromatic N) is 1. The number of nitrogens with one attached hydrogen (secondary N) is 1. The first-order chi connectivity index (χ1) is 9.53. The van der Waals surface area contributed by atoms with E-state index < -0.39 is 9.84 Å². The Labute approximate surface area is 122 Å². The summed E-state index contributed by atoms with van der Waals surface area (Å²) in [6.07, 6.45) is 3.29. The average Bonchev–Trinajstić information content (AvgIpc) is 2.64. The smallest absolute Gasteiger partial charge is 0.180 e. The van der Waals surface area contributed by atoms with Crippen molar-refractivity contribution in [1.82, 2.24) is 4.90 Å². The van der Waals surface area contributed by atoms with Gasteiger partial charge in [-0.1, -0.05) is 19.1 Å². The van der Waals surface area contributed by atoms with Crippen LogP contribution in [-0.2, 0) is 9.84 Å². The summed E-state index contributed by atoms with van der Waals surface area (Å²) in [5, 5.41) is 3.44. The summed E-state index contributed by atoms with van der Waals surface area (Å²) < 4.78 is 24.3. The second kappa shape index (κ2) is 6.59. The SMILES string of the molecule is CCS(=O)(=O)c1ccccc1NC1CCCN(C)CC1. The van der Waals surface area contributed by atoms with Crippen molar-refractivity contribution in [2.45, 2.75) is 37.1 Å². The van der Waals surface area contributed by atoms with Gasteiger partial charge in [-0.2, -0.15) is 0 Å². The van der Waals surface area contributed by atoms with E-state index >= 15 is 0 Å². The van der Waals surface area contributed by atoms with Crippen molar-refractivity contribution < 1.29 is 8.42 Å². The number of likely N-dealkylation sites (tertiary alicyclic amines) is 1. The van der Waals surface area contributed by atoms with Crippen LogP contribution in [0, 0.1) is 0 Å². The van der Waals surface area contributed by atoms with Gasteiger partial charge in [-0.15, -0.1) is 0 Å². The Bertz CT molecular complexity index is 543. The standard InChI is InChI=1S/C15H24N2O2S/c1-3-20(18,19)15-9-5-4-8-14(15)16-13-7-6-11-17(2)12-10-13/h4-5,8-9,13,16H,3,6-7,10-12H2,1-2H3. The molecule has 0 amide bonds. The molecule has 20 heavy (non-hydrogen) atoms. The fraction of sp³-hybridized carbons (Fsp3) is 0.600. The quantitative estimate of drug-likeness (QED) is 0.927. The molecular weight excluding hydrogens is 272 g/mol. The highest BCUT2D eigenvalue weighted by molar-refractivity contribution is 7.91. The second-order valence-electron chi connectivity index (χ2n) is 5.48. The summed E-state index contributed by atoms with van der Waals surface area (Å²) in [5.74, 6) is 0.138. The van der Waals surface area contributed by atoms with Gasteiger partial charge >= 0.3 is 0 Å². The predicted octanol–water partition coefficient (Wildman–Crippen LogP) is 2.38. The summed E-state index contributed by atoms with van der Waals surface area (Å²) in [4.78, 5) is 2.76. The molecule has 0 aromatic heterocycles. The molecular formula is C15H24N2O2S. The lowest BCUT2D eigenvalue weighted by molar-refractivity contribution is 0.348. The van der Waals surface area contributed by atoms with Crippen LogP contribution >= 0.6 is 0 Å². The van der Waals surface area contributed by atoms with Crippen molar-refractivity contribution >= 4 is 15.5 Å². The fourth-order valence-electron chi connectivity index (χ4n) is 2.62. The van der Waals surface area contributed by atoms with E-state index in [2.05, 4.69) is 17.3 Å². The van der Waals surface area contributed by atoms with Crippen LogP contribution in [0.1, 0.15) is 26.2 Å². The lowest BCUT2D eigenvalue weighted by Crippen LogP contribution is -2.23. The third kappa shape index (κ3) is 3.73. The first kappa shape index (κ1) is 15.3. The third-order valence-electron chi connectivity index (χ3n) is 3.91. The summed E-state index contributed by atoms with van der Waals surface area (Å²) in [5.41, 5.74) is 0.754. The van der Waals surface area contributed by atoms with E-state index in [4.69, 9.17) is 0 Å². The number of hydrogen-bond acceptors (Lipinski definition) is 4. The number of sulfone groups is 1. The molecule has 1 heterocycles. The molecule has 1 N–H and O–H groups in total. The maximum atomic E-state index is 12.1. The van der Waals surface area contributed by atoms with Crippen LogP contribution in [0.3, 0.4) is 0 Å². The topological polar surface area (TPSA) is 49.4 Å². The van der Waals surface area contributed by atoms with Crippen molar-refractivity contribution in [3.05, 3.63) is 24.3 Å². The van der Waals surface area contributed by atoms with Crippen LogP contribution in [0.2, 0.25) is 0 Å². The lowest BCUT2D eigenvalue weighted by atomic mass is 10.1. The van der Waals surface area contributed by atoms with Crippen molar-refractivity contribution in [3.8, 4) is 0 Å². The van der Waals surface area contributed by atoms with Gasteiger partial charge < -0.3 is 10.2 Å². The summed E-state index contributed by atoms with van der Waals surface area (Å²) >= 11 is 0. The first-order valence-corrected chi connectivity index (χ1v) is 8.95. The molecule has 0 radical (unpaired) electrons. The Morgan fingerprint density at radius 3 is 2.75 bits per heavy atom.